The van der Waals surface area contributed by atoms with Crippen LogP contribution in [0.5, 0.6) is 5.75 Å². The van der Waals surface area contributed by atoms with Crippen molar-refractivity contribution in [2.45, 2.75) is 63.8 Å². The topological polar surface area (TPSA) is 84.9 Å². The molecule has 1 atom stereocenters. The van der Waals surface area contributed by atoms with Crippen LogP contribution < -0.4 is 14.4 Å². The van der Waals surface area contributed by atoms with Crippen LogP contribution in [0.25, 0.3) is 0 Å². The molecule has 1 aliphatic heterocycles. The molecule has 198 valence electrons. The minimum atomic E-state index is -4.80. The Kier molecular flexibility index (Phi) is 7.24. The lowest BCUT2D eigenvalue weighted by atomic mass is 9.89. The average molecular weight is 533 g/mol. The van der Waals surface area contributed by atoms with E-state index in [-0.39, 0.29) is 34.0 Å². The number of nitrogens with zero attached hydrogens (tertiary/aromatic N) is 1. The van der Waals surface area contributed by atoms with E-state index in [0.29, 0.717) is 20.3 Å². The van der Waals surface area contributed by atoms with Crippen molar-refractivity contribution in [1.82, 2.24) is 0 Å². The van der Waals surface area contributed by atoms with Crippen LogP contribution in [0.2, 0.25) is 0 Å². The number of anilines is 2. The van der Waals surface area contributed by atoms with Gasteiger partial charge >= 0.3 is 12.3 Å². The average Bonchev–Trinajstić information content (AvgIpc) is 2.71. The lowest BCUT2D eigenvalue weighted by Crippen LogP contribution is -2.45. The number of fused-ring (bicyclic) bond motifs is 1. The van der Waals surface area contributed by atoms with E-state index in [1.807, 2.05) is 20.8 Å². The minimum Gasteiger partial charge on any atom is -0.486 e. The molecule has 0 bridgehead atoms. The molecule has 1 aliphatic rings. The van der Waals surface area contributed by atoms with Crippen molar-refractivity contribution >= 4 is 27.5 Å². The molecule has 3 rings (SSSR count). The molecule has 2 aromatic rings. The molecule has 0 aliphatic carbocycles. The lowest BCUT2D eigenvalue weighted by molar-refractivity contribution is -0.242. The van der Waals surface area contributed by atoms with Crippen molar-refractivity contribution in [3.63, 3.8) is 0 Å². The third kappa shape index (κ3) is 6.21. The first kappa shape index (κ1) is 27.6. The number of nitrogens with one attached hydrogen (secondary N) is 1. The number of sulfonamides is 1. The number of alkyl halides is 3. The normalized spacial score (nSPS) is 16.7. The number of hydrogen-bond donors (Lipinski definition) is 1. The second kappa shape index (κ2) is 9.45. The summed E-state index contributed by atoms with van der Waals surface area (Å²) in [6.45, 7) is 7.28. The summed E-state index contributed by atoms with van der Waals surface area (Å²) in [7, 11) is -4.18. The van der Waals surface area contributed by atoms with Crippen molar-refractivity contribution in [1.29, 1.82) is 0 Å². The molecule has 2 aromatic carbocycles. The van der Waals surface area contributed by atoms with E-state index in [1.165, 1.54) is 18.2 Å². The van der Waals surface area contributed by atoms with E-state index in [2.05, 4.69) is 10.1 Å². The first-order chi connectivity index (χ1) is 16.4. The van der Waals surface area contributed by atoms with E-state index in [1.54, 1.807) is 0 Å². The largest absolute Gasteiger partial charge is 0.486 e. The number of rotatable bonds is 5. The maximum absolute atomic E-state index is 13.5. The number of hydrogen-bond acceptors (Lipinski definition) is 5. The highest BCUT2D eigenvalue weighted by atomic mass is 32.2. The van der Waals surface area contributed by atoms with Gasteiger partial charge < -0.3 is 9.47 Å². The van der Waals surface area contributed by atoms with Gasteiger partial charge in [0.05, 0.1) is 17.1 Å². The van der Waals surface area contributed by atoms with Gasteiger partial charge in [0.2, 0.25) is 5.60 Å². The highest BCUT2D eigenvalue weighted by Crippen LogP contribution is 2.41. The number of ether oxygens (including phenoxy) is 2. The molecule has 0 saturated heterocycles. The Morgan fingerprint density at radius 3 is 2.25 bits per heavy atom. The zero-order valence-corrected chi connectivity index (χ0v) is 21.3. The van der Waals surface area contributed by atoms with Crippen LogP contribution in [0.3, 0.4) is 0 Å². The Labute approximate surface area is 207 Å². The molecule has 0 aromatic heterocycles. The summed E-state index contributed by atoms with van der Waals surface area (Å²) in [5.41, 5.74) is -2.87. The Balaban J connectivity index is 1.97. The maximum atomic E-state index is 13.5. The molecule has 1 heterocycles. The van der Waals surface area contributed by atoms with Crippen LogP contribution >= 0.6 is 0 Å². The van der Waals surface area contributed by atoms with Crippen LogP contribution in [-0.2, 0) is 14.8 Å². The highest BCUT2D eigenvalue weighted by Gasteiger charge is 2.51. The summed E-state index contributed by atoms with van der Waals surface area (Å²) >= 11 is 0. The zero-order valence-electron chi connectivity index (χ0n) is 20.4. The van der Waals surface area contributed by atoms with E-state index < -0.39 is 39.8 Å². The first-order valence-corrected chi connectivity index (χ1v) is 12.5. The van der Waals surface area contributed by atoms with E-state index >= 15 is 0 Å². The Morgan fingerprint density at radius 2 is 1.69 bits per heavy atom. The fraction of sp³-hybridized carbons (Fsp3) is 0.458. The molecular weight excluding hydrogens is 504 g/mol. The highest BCUT2D eigenvalue weighted by molar-refractivity contribution is 7.92. The van der Waals surface area contributed by atoms with E-state index in [4.69, 9.17) is 4.74 Å². The molecule has 0 saturated carbocycles. The molecule has 0 spiro atoms. The Bertz CT molecular complexity index is 1220. The summed E-state index contributed by atoms with van der Waals surface area (Å²) < 4.78 is 91.3. The fourth-order valence-electron chi connectivity index (χ4n) is 3.57. The summed E-state index contributed by atoms with van der Waals surface area (Å²) in [5, 5.41) is 2.20. The van der Waals surface area contributed by atoms with Gasteiger partial charge in [-0.25, -0.2) is 17.6 Å². The van der Waals surface area contributed by atoms with Gasteiger partial charge in [0.25, 0.3) is 10.0 Å². The second-order valence-corrected chi connectivity index (χ2v) is 12.1. The predicted octanol–water partition coefficient (Wildman–Crippen LogP) is 6.11. The van der Waals surface area contributed by atoms with Crippen LogP contribution in [0.4, 0.5) is 33.7 Å². The number of carbonyl (C=O) groups excluding carboxylic acids is 1. The van der Waals surface area contributed by atoms with Crippen LogP contribution in [-0.4, -0.2) is 38.9 Å². The van der Waals surface area contributed by atoms with Gasteiger partial charge in [-0.1, -0.05) is 20.8 Å². The SMILES string of the molecule is CC(C)(C)C[C@@H]1CN(S(=O)(=O)c2ccc(F)cc2)c2cc(NC(=O)OC(C)(C)C(F)(F)F)ccc2O1. The molecule has 7 nitrogen and oxygen atoms in total. The van der Waals surface area contributed by atoms with Gasteiger partial charge in [0.15, 0.2) is 0 Å². The van der Waals surface area contributed by atoms with E-state index in [9.17, 15) is 30.8 Å². The van der Waals surface area contributed by atoms with E-state index in [0.717, 1.165) is 28.6 Å². The van der Waals surface area contributed by atoms with Gasteiger partial charge in [-0.3, -0.25) is 9.62 Å². The molecule has 0 fully saturated rings. The molecule has 12 heteroatoms. The molecular formula is C24H28F4N2O5S. The molecule has 0 unspecified atom stereocenters. The van der Waals surface area contributed by atoms with Gasteiger partial charge in [-0.05, 0) is 68.1 Å². The third-order valence-electron chi connectivity index (χ3n) is 5.41. The minimum absolute atomic E-state index is 0.00565. The smallest absolute Gasteiger partial charge is 0.427 e. The van der Waals surface area contributed by atoms with Crippen molar-refractivity contribution in [3.8, 4) is 5.75 Å². The molecule has 36 heavy (non-hydrogen) atoms. The number of benzene rings is 2. The van der Waals surface area contributed by atoms with Gasteiger partial charge in [0, 0.05) is 5.69 Å². The standard InChI is InChI=1S/C24H28F4N2O5S/c1-22(2,3)13-17-14-30(36(32,33)18-9-6-15(25)7-10-18)19-12-16(8-11-20(19)34-17)29-21(31)35-23(4,5)24(26,27)28/h6-12,17H,13-14H2,1-5H3,(H,29,31)/t17-/m1/s1. The Hall–Kier alpha value is -3.02. The summed E-state index contributed by atoms with van der Waals surface area (Å²) in [5.74, 6) is -0.399. The van der Waals surface area contributed by atoms with Crippen LogP contribution in [0.1, 0.15) is 41.0 Å². The number of halogens is 4. The zero-order chi connectivity index (χ0) is 27.1. The molecule has 0 radical (unpaired) electrons. The monoisotopic (exact) mass is 532 g/mol. The van der Waals surface area contributed by atoms with Crippen molar-refractivity contribution < 1.29 is 40.2 Å². The summed E-state index contributed by atoms with van der Waals surface area (Å²) in [6.07, 6.45) is -6.16. The Morgan fingerprint density at radius 1 is 1.08 bits per heavy atom. The van der Waals surface area contributed by atoms with Gasteiger partial charge in [-0.15, -0.1) is 0 Å². The van der Waals surface area contributed by atoms with Crippen molar-refractivity contribution in [2.24, 2.45) is 5.41 Å². The summed E-state index contributed by atoms with van der Waals surface area (Å²) in [6, 6.07) is 8.37. The number of carbonyl (C=O) groups is 1. The number of amides is 1. The molecule has 1 N–H and O–H groups in total. The third-order valence-corrected chi connectivity index (χ3v) is 7.20. The van der Waals surface area contributed by atoms with Crippen molar-refractivity contribution in [2.75, 3.05) is 16.2 Å². The summed E-state index contributed by atoms with van der Waals surface area (Å²) in [4.78, 5) is 12.0. The first-order valence-electron chi connectivity index (χ1n) is 11.0. The van der Waals surface area contributed by atoms with Gasteiger partial charge in [0.1, 0.15) is 17.7 Å². The van der Waals surface area contributed by atoms with Gasteiger partial charge in [-0.2, -0.15) is 13.2 Å². The van der Waals surface area contributed by atoms with Crippen LogP contribution in [0, 0.1) is 11.2 Å². The molecule has 1 amide bonds. The second-order valence-electron chi connectivity index (χ2n) is 10.2. The maximum Gasteiger partial charge on any atom is 0.427 e. The predicted molar refractivity (Wildman–Crippen MR) is 126 cm³/mol. The lowest BCUT2D eigenvalue weighted by Gasteiger charge is -2.38. The van der Waals surface area contributed by atoms with Crippen LogP contribution in [0.15, 0.2) is 47.4 Å². The van der Waals surface area contributed by atoms with Crippen molar-refractivity contribution in [3.05, 3.63) is 48.3 Å². The quantitative estimate of drug-likeness (QED) is 0.470. The fourth-order valence-corrected chi connectivity index (χ4v) is 5.07.